The van der Waals surface area contributed by atoms with E-state index in [1.165, 1.54) is 0 Å². The van der Waals surface area contributed by atoms with Gasteiger partial charge in [0.1, 0.15) is 0 Å². The second-order valence-corrected chi connectivity index (χ2v) is 5.93. The molecule has 0 aromatic carbocycles. The van der Waals surface area contributed by atoms with E-state index in [-0.39, 0.29) is 13.2 Å². The Morgan fingerprint density at radius 2 is 1.91 bits per heavy atom. The SMILES string of the molecule is OCCN(CCO)c1nc(N2CCOCC2)nc2ccsc12. The normalized spacial score (nSPS) is 15.5. The first kappa shape index (κ1) is 15.4. The van der Waals surface area contributed by atoms with Crippen LogP contribution in [0.1, 0.15) is 0 Å². The molecular formula is C14H20N4O3S. The standard InChI is InChI=1S/C14H20N4O3S/c19-6-2-17(3-7-20)13-12-11(1-10-22-12)15-14(16-13)18-4-8-21-9-5-18/h1,10,19-20H,2-9H2. The molecule has 1 saturated heterocycles. The molecule has 0 atom stereocenters. The van der Waals surface area contributed by atoms with Gasteiger partial charge in [0, 0.05) is 26.2 Å². The van der Waals surface area contributed by atoms with Crippen LogP contribution in [0.5, 0.6) is 0 Å². The molecule has 22 heavy (non-hydrogen) atoms. The molecule has 1 fully saturated rings. The zero-order valence-corrected chi connectivity index (χ0v) is 13.1. The molecule has 0 unspecified atom stereocenters. The molecule has 2 N–H and O–H groups in total. The van der Waals surface area contributed by atoms with E-state index in [4.69, 9.17) is 9.72 Å². The summed E-state index contributed by atoms with van der Waals surface area (Å²) < 4.78 is 6.36. The van der Waals surface area contributed by atoms with Gasteiger partial charge in [0.2, 0.25) is 5.95 Å². The van der Waals surface area contributed by atoms with Gasteiger partial charge >= 0.3 is 0 Å². The summed E-state index contributed by atoms with van der Waals surface area (Å²) in [4.78, 5) is 13.4. The van der Waals surface area contributed by atoms with E-state index in [1.807, 2.05) is 16.3 Å². The van der Waals surface area contributed by atoms with Crippen LogP contribution >= 0.6 is 11.3 Å². The lowest BCUT2D eigenvalue weighted by Gasteiger charge is -2.28. The summed E-state index contributed by atoms with van der Waals surface area (Å²) in [6, 6.07) is 1.98. The number of rotatable bonds is 6. The summed E-state index contributed by atoms with van der Waals surface area (Å²) >= 11 is 1.58. The zero-order valence-electron chi connectivity index (χ0n) is 12.3. The van der Waals surface area contributed by atoms with Gasteiger partial charge in [-0.1, -0.05) is 0 Å². The Labute approximate surface area is 132 Å². The van der Waals surface area contributed by atoms with Gasteiger partial charge in [0.25, 0.3) is 0 Å². The molecule has 0 amide bonds. The highest BCUT2D eigenvalue weighted by Crippen LogP contribution is 2.31. The predicted octanol–water partition coefficient (Wildman–Crippen LogP) is 0.319. The second kappa shape index (κ2) is 7.19. The Balaban J connectivity index is 2.00. The molecular weight excluding hydrogens is 304 g/mol. The lowest BCUT2D eigenvalue weighted by molar-refractivity contribution is 0.122. The fourth-order valence-electron chi connectivity index (χ4n) is 2.52. The molecule has 7 nitrogen and oxygen atoms in total. The van der Waals surface area contributed by atoms with Crippen molar-refractivity contribution in [3.05, 3.63) is 11.4 Å². The molecule has 3 heterocycles. The Bertz CT molecular complexity index is 609. The van der Waals surface area contributed by atoms with Crippen LogP contribution in [-0.4, -0.2) is 72.8 Å². The van der Waals surface area contributed by atoms with Gasteiger partial charge in [0.05, 0.1) is 36.6 Å². The number of fused-ring (bicyclic) bond motifs is 1. The molecule has 2 aromatic heterocycles. The minimum atomic E-state index is 0.0176. The van der Waals surface area contributed by atoms with E-state index in [0.717, 1.165) is 29.1 Å². The van der Waals surface area contributed by atoms with Crippen LogP contribution in [0.3, 0.4) is 0 Å². The van der Waals surface area contributed by atoms with Gasteiger partial charge in [-0.25, -0.2) is 4.98 Å². The highest BCUT2D eigenvalue weighted by Gasteiger charge is 2.19. The predicted molar refractivity (Wildman–Crippen MR) is 86.8 cm³/mol. The molecule has 3 rings (SSSR count). The number of aromatic nitrogens is 2. The number of aliphatic hydroxyl groups excluding tert-OH is 2. The fraction of sp³-hybridized carbons (Fsp3) is 0.571. The van der Waals surface area contributed by atoms with E-state index in [0.29, 0.717) is 32.3 Å². The Hall–Kier alpha value is -1.48. The summed E-state index contributed by atoms with van der Waals surface area (Å²) in [5.41, 5.74) is 0.900. The van der Waals surface area contributed by atoms with Crippen LogP contribution in [0.4, 0.5) is 11.8 Å². The van der Waals surface area contributed by atoms with Gasteiger partial charge in [-0.15, -0.1) is 11.3 Å². The molecule has 0 spiro atoms. The van der Waals surface area contributed by atoms with Crippen LogP contribution < -0.4 is 9.80 Å². The molecule has 0 aliphatic carbocycles. The first-order valence-corrected chi connectivity index (χ1v) is 8.26. The average Bonchev–Trinajstić information content (AvgIpc) is 3.03. The number of hydrogen-bond acceptors (Lipinski definition) is 8. The topological polar surface area (TPSA) is 82.0 Å². The molecule has 0 bridgehead atoms. The molecule has 0 radical (unpaired) electrons. The number of anilines is 2. The highest BCUT2D eigenvalue weighted by molar-refractivity contribution is 7.17. The molecule has 8 heteroatoms. The van der Waals surface area contributed by atoms with Crippen molar-refractivity contribution in [1.82, 2.24) is 9.97 Å². The van der Waals surface area contributed by atoms with E-state index in [2.05, 4.69) is 9.88 Å². The first-order chi connectivity index (χ1) is 10.8. The lowest BCUT2D eigenvalue weighted by Crippen LogP contribution is -2.38. The summed E-state index contributed by atoms with van der Waals surface area (Å²) in [5.74, 6) is 1.47. The third-order valence-corrected chi connectivity index (χ3v) is 4.51. The van der Waals surface area contributed by atoms with Crippen molar-refractivity contribution in [3.8, 4) is 0 Å². The molecule has 1 aliphatic heterocycles. The number of nitrogens with zero attached hydrogens (tertiary/aromatic N) is 4. The van der Waals surface area contributed by atoms with Crippen LogP contribution in [0.15, 0.2) is 11.4 Å². The largest absolute Gasteiger partial charge is 0.395 e. The van der Waals surface area contributed by atoms with Crippen molar-refractivity contribution in [1.29, 1.82) is 0 Å². The molecule has 2 aromatic rings. The third-order valence-electron chi connectivity index (χ3n) is 3.61. The maximum Gasteiger partial charge on any atom is 0.228 e. The van der Waals surface area contributed by atoms with Gasteiger partial charge in [0.15, 0.2) is 5.82 Å². The van der Waals surface area contributed by atoms with Crippen LogP contribution in [0.2, 0.25) is 0 Å². The van der Waals surface area contributed by atoms with E-state index in [1.54, 1.807) is 11.3 Å². The average molecular weight is 324 g/mol. The minimum absolute atomic E-state index is 0.0176. The molecule has 120 valence electrons. The van der Waals surface area contributed by atoms with Gasteiger partial charge < -0.3 is 24.7 Å². The Morgan fingerprint density at radius 1 is 1.18 bits per heavy atom. The third kappa shape index (κ3) is 3.14. The lowest BCUT2D eigenvalue weighted by atomic mass is 10.3. The maximum atomic E-state index is 9.28. The highest BCUT2D eigenvalue weighted by atomic mass is 32.1. The summed E-state index contributed by atoms with van der Waals surface area (Å²) in [5, 5.41) is 20.5. The maximum absolute atomic E-state index is 9.28. The van der Waals surface area contributed by atoms with Crippen molar-refractivity contribution in [2.24, 2.45) is 0 Å². The monoisotopic (exact) mass is 324 g/mol. The van der Waals surface area contributed by atoms with E-state index < -0.39 is 0 Å². The zero-order chi connectivity index (χ0) is 15.4. The van der Waals surface area contributed by atoms with E-state index >= 15 is 0 Å². The van der Waals surface area contributed by atoms with Crippen LogP contribution in [0, 0.1) is 0 Å². The van der Waals surface area contributed by atoms with Gasteiger partial charge in [-0.05, 0) is 11.4 Å². The number of morpholine rings is 1. The van der Waals surface area contributed by atoms with Gasteiger partial charge in [-0.2, -0.15) is 4.98 Å². The minimum Gasteiger partial charge on any atom is -0.395 e. The number of hydrogen-bond donors (Lipinski definition) is 2. The van der Waals surface area contributed by atoms with E-state index in [9.17, 15) is 10.2 Å². The van der Waals surface area contributed by atoms with Crippen molar-refractivity contribution in [3.63, 3.8) is 0 Å². The van der Waals surface area contributed by atoms with Crippen molar-refractivity contribution in [2.75, 3.05) is 62.4 Å². The van der Waals surface area contributed by atoms with Crippen molar-refractivity contribution in [2.45, 2.75) is 0 Å². The summed E-state index contributed by atoms with van der Waals surface area (Å²) in [7, 11) is 0. The van der Waals surface area contributed by atoms with Crippen LogP contribution in [-0.2, 0) is 4.74 Å². The first-order valence-electron chi connectivity index (χ1n) is 7.38. The van der Waals surface area contributed by atoms with Crippen molar-refractivity contribution >= 4 is 33.3 Å². The second-order valence-electron chi connectivity index (χ2n) is 5.02. The fourth-order valence-corrected chi connectivity index (χ4v) is 3.37. The smallest absolute Gasteiger partial charge is 0.228 e. The van der Waals surface area contributed by atoms with Crippen molar-refractivity contribution < 1.29 is 14.9 Å². The molecule has 0 saturated carbocycles. The summed E-state index contributed by atoms with van der Waals surface area (Å²) in [6.07, 6.45) is 0. The number of aliphatic hydroxyl groups is 2. The van der Waals surface area contributed by atoms with Gasteiger partial charge in [-0.3, -0.25) is 0 Å². The summed E-state index contributed by atoms with van der Waals surface area (Å²) in [6.45, 7) is 3.81. The number of thiophene rings is 1. The quantitative estimate of drug-likeness (QED) is 0.792. The number of ether oxygens (including phenoxy) is 1. The molecule has 1 aliphatic rings. The van der Waals surface area contributed by atoms with Crippen LogP contribution in [0.25, 0.3) is 10.2 Å². The Morgan fingerprint density at radius 3 is 2.59 bits per heavy atom. The Kier molecular flexibility index (Phi) is 5.04.